The zero-order valence-electron chi connectivity index (χ0n) is 12.3. The predicted octanol–water partition coefficient (Wildman–Crippen LogP) is 4.22. The Morgan fingerprint density at radius 2 is 1.95 bits per heavy atom. The molecular formula is C19H16N2O. The second-order valence-corrected chi connectivity index (χ2v) is 5.49. The zero-order chi connectivity index (χ0) is 15.1. The highest BCUT2D eigenvalue weighted by Gasteiger charge is 2.23. The highest BCUT2D eigenvalue weighted by Crippen LogP contribution is 2.34. The summed E-state index contributed by atoms with van der Waals surface area (Å²) < 4.78 is 0. The van der Waals surface area contributed by atoms with E-state index in [1.165, 1.54) is 5.56 Å². The monoisotopic (exact) mass is 288 g/mol. The summed E-state index contributed by atoms with van der Waals surface area (Å²) in [7, 11) is 0. The summed E-state index contributed by atoms with van der Waals surface area (Å²) in [5, 5.41) is 4.07. The number of aryl methyl sites for hydroxylation is 1. The van der Waals surface area contributed by atoms with Gasteiger partial charge in [-0.2, -0.15) is 0 Å². The fraction of sp³-hybridized carbons (Fsp3) is 0.105. The maximum Gasteiger partial charge on any atom is 0.256 e. The molecule has 3 aromatic rings. The zero-order valence-corrected chi connectivity index (χ0v) is 12.3. The lowest BCUT2D eigenvalue weighted by Gasteiger charge is -2.00. The second kappa shape index (κ2) is 4.88. The quantitative estimate of drug-likeness (QED) is 0.681. The number of aromatic nitrogens is 1. The van der Waals surface area contributed by atoms with Crippen molar-refractivity contribution in [3.8, 4) is 0 Å². The van der Waals surface area contributed by atoms with Gasteiger partial charge in [-0.3, -0.25) is 4.79 Å². The molecule has 0 aliphatic carbocycles. The maximum absolute atomic E-state index is 12.2. The van der Waals surface area contributed by atoms with Gasteiger partial charge in [-0.1, -0.05) is 43.3 Å². The molecule has 1 amide bonds. The van der Waals surface area contributed by atoms with E-state index >= 15 is 0 Å². The third-order valence-corrected chi connectivity index (χ3v) is 4.22. The molecule has 0 unspecified atom stereocenters. The van der Waals surface area contributed by atoms with Crippen LogP contribution in [0.5, 0.6) is 0 Å². The van der Waals surface area contributed by atoms with Crippen molar-refractivity contribution in [2.24, 2.45) is 0 Å². The van der Waals surface area contributed by atoms with Crippen molar-refractivity contribution < 1.29 is 4.79 Å². The molecule has 0 saturated carbocycles. The molecule has 0 fully saturated rings. The molecule has 108 valence electrons. The van der Waals surface area contributed by atoms with Gasteiger partial charge in [-0.05, 0) is 24.1 Å². The molecule has 3 heteroatoms. The first kappa shape index (κ1) is 12.9. The molecule has 0 spiro atoms. The van der Waals surface area contributed by atoms with Crippen LogP contribution in [0.15, 0.2) is 48.7 Å². The van der Waals surface area contributed by atoms with Crippen LogP contribution < -0.4 is 5.32 Å². The molecular weight excluding hydrogens is 272 g/mol. The Kier molecular flexibility index (Phi) is 2.86. The van der Waals surface area contributed by atoms with Gasteiger partial charge in [0.2, 0.25) is 0 Å². The molecule has 0 radical (unpaired) electrons. The van der Waals surface area contributed by atoms with Crippen LogP contribution in [0.2, 0.25) is 0 Å². The largest absolute Gasteiger partial charge is 0.360 e. The molecule has 0 bridgehead atoms. The van der Waals surface area contributed by atoms with Gasteiger partial charge in [-0.15, -0.1) is 0 Å². The molecule has 0 atom stereocenters. The molecule has 1 aliphatic rings. The molecule has 3 nitrogen and oxygen atoms in total. The summed E-state index contributed by atoms with van der Waals surface area (Å²) in [4.78, 5) is 15.6. The number of rotatable bonds is 2. The lowest BCUT2D eigenvalue weighted by molar-refractivity contribution is -0.110. The van der Waals surface area contributed by atoms with Crippen molar-refractivity contribution in [2.75, 3.05) is 5.32 Å². The Morgan fingerprint density at radius 1 is 1.09 bits per heavy atom. The Morgan fingerprint density at radius 3 is 2.82 bits per heavy atom. The number of nitrogens with one attached hydrogen (secondary N) is 2. The highest BCUT2D eigenvalue weighted by atomic mass is 16.2. The van der Waals surface area contributed by atoms with Gasteiger partial charge in [0.25, 0.3) is 5.91 Å². The number of benzene rings is 2. The number of hydrogen-bond acceptors (Lipinski definition) is 1. The van der Waals surface area contributed by atoms with Crippen molar-refractivity contribution in [3.05, 3.63) is 65.4 Å². The minimum absolute atomic E-state index is 0.0396. The van der Waals surface area contributed by atoms with Gasteiger partial charge in [-0.25, -0.2) is 0 Å². The molecule has 2 aromatic carbocycles. The van der Waals surface area contributed by atoms with Gasteiger partial charge < -0.3 is 10.3 Å². The van der Waals surface area contributed by atoms with Crippen LogP contribution in [-0.4, -0.2) is 10.9 Å². The van der Waals surface area contributed by atoms with Crippen LogP contribution in [0.1, 0.15) is 23.6 Å². The van der Waals surface area contributed by atoms with E-state index < -0.39 is 0 Å². The minimum atomic E-state index is -0.0396. The second-order valence-electron chi connectivity index (χ2n) is 5.49. The average molecular weight is 288 g/mol. The summed E-state index contributed by atoms with van der Waals surface area (Å²) in [6.45, 7) is 2.15. The number of anilines is 1. The van der Waals surface area contributed by atoms with Crippen molar-refractivity contribution in [3.63, 3.8) is 0 Å². The number of aromatic amines is 1. The maximum atomic E-state index is 12.2. The van der Waals surface area contributed by atoms with Crippen LogP contribution in [0.4, 0.5) is 5.69 Å². The molecule has 4 rings (SSSR count). The van der Waals surface area contributed by atoms with Crippen LogP contribution in [0.25, 0.3) is 22.6 Å². The Bertz CT molecular complexity index is 918. The number of carbonyl (C=O) groups is 1. The Labute approximate surface area is 128 Å². The van der Waals surface area contributed by atoms with Crippen molar-refractivity contribution in [1.82, 2.24) is 4.98 Å². The summed E-state index contributed by atoms with van der Waals surface area (Å²) in [5.41, 5.74) is 6.06. The number of carbonyl (C=O) groups excluding carboxylic acids is 1. The van der Waals surface area contributed by atoms with Crippen LogP contribution in [-0.2, 0) is 11.2 Å². The van der Waals surface area contributed by atoms with Crippen LogP contribution in [0, 0.1) is 0 Å². The molecule has 2 heterocycles. The molecule has 1 aromatic heterocycles. The first-order valence-corrected chi connectivity index (χ1v) is 7.49. The van der Waals surface area contributed by atoms with Gasteiger partial charge in [0.15, 0.2) is 0 Å². The van der Waals surface area contributed by atoms with Gasteiger partial charge in [0.1, 0.15) is 0 Å². The molecule has 22 heavy (non-hydrogen) atoms. The lowest BCUT2D eigenvalue weighted by Crippen LogP contribution is -2.03. The number of para-hydroxylation sites is 2. The van der Waals surface area contributed by atoms with Gasteiger partial charge >= 0.3 is 0 Å². The van der Waals surface area contributed by atoms with Crippen LogP contribution >= 0.6 is 0 Å². The van der Waals surface area contributed by atoms with E-state index in [2.05, 4.69) is 35.4 Å². The normalized spacial score (nSPS) is 15.3. The van der Waals surface area contributed by atoms with Crippen molar-refractivity contribution >= 4 is 34.1 Å². The Balaban J connectivity index is 1.89. The topological polar surface area (TPSA) is 44.9 Å². The Hall–Kier alpha value is -2.81. The summed E-state index contributed by atoms with van der Waals surface area (Å²) in [6, 6.07) is 14.1. The smallest absolute Gasteiger partial charge is 0.256 e. The molecule has 2 N–H and O–H groups in total. The predicted molar refractivity (Wildman–Crippen MR) is 90.6 cm³/mol. The first-order chi connectivity index (χ1) is 10.8. The van der Waals surface area contributed by atoms with E-state index in [-0.39, 0.29) is 5.91 Å². The summed E-state index contributed by atoms with van der Waals surface area (Å²) in [5.74, 6) is -0.0396. The minimum Gasteiger partial charge on any atom is -0.360 e. The number of hydrogen-bond donors (Lipinski definition) is 2. The van der Waals surface area contributed by atoms with E-state index in [9.17, 15) is 4.79 Å². The molecule has 1 aliphatic heterocycles. The fourth-order valence-corrected chi connectivity index (χ4v) is 3.09. The van der Waals surface area contributed by atoms with E-state index in [1.807, 2.05) is 36.5 Å². The van der Waals surface area contributed by atoms with E-state index in [0.29, 0.717) is 0 Å². The van der Waals surface area contributed by atoms with E-state index in [0.717, 1.165) is 39.7 Å². The molecule has 0 saturated heterocycles. The number of amides is 1. The third kappa shape index (κ3) is 1.86. The van der Waals surface area contributed by atoms with Gasteiger partial charge in [0.05, 0.1) is 0 Å². The van der Waals surface area contributed by atoms with Crippen LogP contribution in [0.3, 0.4) is 0 Å². The van der Waals surface area contributed by atoms with E-state index in [4.69, 9.17) is 0 Å². The van der Waals surface area contributed by atoms with Crippen molar-refractivity contribution in [1.29, 1.82) is 0 Å². The number of fused-ring (bicyclic) bond motifs is 2. The summed E-state index contributed by atoms with van der Waals surface area (Å²) >= 11 is 0. The fourth-order valence-electron chi connectivity index (χ4n) is 3.09. The standard InChI is InChI=1S/C19H16N2O/c1-2-12-6-5-8-14-13(11-20-18(12)14)10-16-15-7-3-4-9-17(15)21-19(16)22/h3-11,20H,2H2,1H3,(H,21,22)/b16-10-. The van der Waals surface area contributed by atoms with E-state index in [1.54, 1.807) is 0 Å². The third-order valence-electron chi connectivity index (χ3n) is 4.22. The summed E-state index contributed by atoms with van der Waals surface area (Å²) in [6.07, 6.45) is 4.93. The first-order valence-electron chi connectivity index (χ1n) is 7.49. The highest BCUT2D eigenvalue weighted by molar-refractivity contribution is 6.35. The van der Waals surface area contributed by atoms with Gasteiger partial charge in [0, 0.05) is 39.5 Å². The number of H-pyrrole nitrogens is 1. The van der Waals surface area contributed by atoms with Crippen molar-refractivity contribution in [2.45, 2.75) is 13.3 Å². The SMILES string of the molecule is CCc1cccc2c(/C=C3\C(=O)Nc4ccccc43)c[nH]c12. The lowest BCUT2D eigenvalue weighted by atomic mass is 10.0. The average Bonchev–Trinajstić information content (AvgIpc) is 3.09.